The molecule has 0 spiro atoms. The second-order valence-electron chi connectivity index (χ2n) is 8.83. The average Bonchev–Trinajstić information content (AvgIpc) is 3.53. The molecule has 0 aliphatic carbocycles. The number of sulfonamides is 1. The minimum atomic E-state index is -3.71. The van der Waals surface area contributed by atoms with Gasteiger partial charge in [-0.2, -0.15) is 0 Å². The summed E-state index contributed by atoms with van der Waals surface area (Å²) in [6, 6.07) is 12.8. The van der Waals surface area contributed by atoms with E-state index in [1.165, 1.54) is 17.4 Å². The molecule has 11 heteroatoms. The standard InChI is InChI=1S/C25H26FN5O3S2.3H2/c1-17-16-29(19-6-8-20(9-7-19)36(33,34)28-25-27-11-15-35-25)13-14-30(17)24(32)18(2)31-12-10-21-22(26)4-3-5-23(21)31;;;/h3-12,15,17-18H,13-14,16H2,1-2H3,(H,27,28);3*1H/t17-,18+;;;/m1.../s1. The fraction of sp³-hybridized carbons (Fsp3) is 0.280. The Hall–Kier alpha value is -3.44. The third-order valence-corrected chi connectivity index (χ3v) is 8.73. The molecule has 2 atom stereocenters. The van der Waals surface area contributed by atoms with E-state index in [-0.39, 0.29) is 26.9 Å². The molecular weight excluding hydrogens is 501 g/mol. The van der Waals surface area contributed by atoms with Gasteiger partial charge in [0.05, 0.1) is 10.4 Å². The van der Waals surface area contributed by atoms with Gasteiger partial charge < -0.3 is 14.4 Å². The number of piperazine rings is 1. The maximum atomic E-state index is 14.1. The van der Waals surface area contributed by atoms with Crippen molar-refractivity contribution < 1.29 is 21.9 Å². The van der Waals surface area contributed by atoms with Gasteiger partial charge >= 0.3 is 0 Å². The Bertz CT molecular complexity index is 1500. The number of aromatic nitrogens is 2. The molecule has 1 aliphatic heterocycles. The SMILES string of the molecule is C[C@@H]1CN(c2ccc(S(=O)(=O)Nc3nccs3)cc2)CCN1C(=O)[C@H](C)n1ccc2c(F)cccc21.[HH].[HH].[HH]. The number of hydrogen-bond acceptors (Lipinski definition) is 6. The van der Waals surface area contributed by atoms with Crippen LogP contribution < -0.4 is 9.62 Å². The normalized spacial score (nSPS) is 17.4. The Balaban J connectivity index is 0.00000178. The second-order valence-corrected chi connectivity index (χ2v) is 11.4. The topological polar surface area (TPSA) is 87.5 Å². The minimum absolute atomic E-state index is 0. The first-order valence-corrected chi connectivity index (χ1v) is 13.9. The van der Waals surface area contributed by atoms with Gasteiger partial charge in [-0.1, -0.05) is 6.07 Å². The van der Waals surface area contributed by atoms with E-state index in [0.717, 1.165) is 5.69 Å². The van der Waals surface area contributed by atoms with Crippen molar-refractivity contribution in [3.8, 4) is 0 Å². The van der Waals surface area contributed by atoms with Crippen LogP contribution in [0.4, 0.5) is 15.2 Å². The number of halogens is 1. The number of hydrogen-bond donors (Lipinski definition) is 1. The van der Waals surface area contributed by atoms with Gasteiger partial charge in [-0.25, -0.2) is 17.8 Å². The van der Waals surface area contributed by atoms with E-state index in [4.69, 9.17) is 0 Å². The number of rotatable bonds is 6. The summed E-state index contributed by atoms with van der Waals surface area (Å²) in [6.45, 7) is 5.60. The number of nitrogens with one attached hydrogen (secondary N) is 1. The van der Waals surface area contributed by atoms with Crippen LogP contribution in [0, 0.1) is 5.82 Å². The number of amides is 1. The van der Waals surface area contributed by atoms with Crippen LogP contribution in [-0.2, 0) is 14.8 Å². The van der Waals surface area contributed by atoms with Gasteiger partial charge in [0.1, 0.15) is 11.9 Å². The van der Waals surface area contributed by atoms with Crippen molar-refractivity contribution in [2.45, 2.75) is 30.8 Å². The Labute approximate surface area is 217 Å². The zero-order valence-electron chi connectivity index (χ0n) is 19.8. The summed E-state index contributed by atoms with van der Waals surface area (Å²) in [6.07, 6.45) is 3.30. The molecule has 1 aliphatic rings. The molecule has 3 heterocycles. The Morgan fingerprint density at radius 2 is 1.97 bits per heavy atom. The molecule has 194 valence electrons. The molecule has 0 bridgehead atoms. The van der Waals surface area contributed by atoms with Crippen molar-refractivity contribution in [3.63, 3.8) is 0 Å². The molecule has 4 aromatic rings. The van der Waals surface area contributed by atoms with Crippen LogP contribution in [0.15, 0.2) is 71.2 Å². The summed E-state index contributed by atoms with van der Waals surface area (Å²) in [5.41, 5.74) is 1.59. The fourth-order valence-electron chi connectivity index (χ4n) is 4.65. The number of fused-ring (bicyclic) bond motifs is 1. The zero-order chi connectivity index (χ0) is 25.4. The molecule has 0 saturated carbocycles. The molecule has 5 rings (SSSR count). The fourth-order valence-corrected chi connectivity index (χ4v) is 6.44. The van der Waals surface area contributed by atoms with E-state index in [9.17, 15) is 17.6 Å². The molecule has 2 aromatic carbocycles. The van der Waals surface area contributed by atoms with Crippen LogP contribution in [0.3, 0.4) is 0 Å². The van der Waals surface area contributed by atoms with Crippen LogP contribution in [0.1, 0.15) is 24.2 Å². The van der Waals surface area contributed by atoms with Crippen molar-refractivity contribution >= 4 is 49.0 Å². The number of nitrogens with zero attached hydrogens (tertiary/aromatic N) is 4. The van der Waals surface area contributed by atoms with Gasteiger partial charge in [0.2, 0.25) is 5.91 Å². The quantitative estimate of drug-likeness (QED) is 0.374. The molecule has 0 radical (unpaired) electrons. The number of thiazole rings is 1. The number of carbonyl (C=O) groups excluding carboxylic acids is 1. The largest absolute Gasteiger partial charge is 0.368 e. The van der Waals surface area contributed by atoms with E-state index in [2.05, 4.69) is 14.6 Å². The van der Waals surface area contributed by atoms with Crippen molar-refractivity contribution in [2.75, 3.05) is 29.3 Å². The smallest absolute Gasteiger partial charge is 0.263 e. The lowest BCUT2D eigenvalue weighted by Crippen LogP contribution is -2.55. The highest BCUT2D eigenvalue weighted by Crippen LogP contribution is 2.27. The highest BCUT2D eigenvalue weighted by Gasteiger charge is 2.31. The van der Waals surface area contributed by atoms with Crippen LogP contribution >= 0.6 is 11.3 Å². The predicted octanol–water partition coefficient (Wildman–Crippen LogP) is 5.07. The molecule has 1 saturated heterocycles. The zero-order valence-corrected chi connectivity index (χ0v) is 21.5. The average molecular weight is 534 g/mol. The van der Waals surface area contributed by atoms with Crippen LogP contribution in [-0.4, -0.2) is 54.5 Å². The van der Waals surface area contributed by atoms with Crippen LogP contribution in [0.2, 0.25) is 0 Å². The molecule has 36 heavy (non-hydrogen) atoms. The van der Waals surface area contributed by atoms with Gasteiger partial charge in [0.15, 0.2) is 5.13 Å². The van der Waals surface area contributed by atoms with Gasteiger partial charge in [-0.05, 0) is 56.3 Å². The van der Waals surface area contributed by atoms with Crippen molar-refractivity contribution in [2.24, 2.45) is 0 Å². The summed E-state index contributed by atoms with van der Waals surface area (Å²) >= 11 is 1.22. The summed E-state index contributed by atoms with van der Waals surface area (Å²) < 4.78 is 43.6. The van der Waals surface area contributed by atoms with Gasteiger partial charge in [-0.3, -0.25) is 9.52 Å². The number of benzene rings is 2. The first-order chi connectivity index (χ1) is 17.2. The van der Waals surface area contributed by atoms with Crippen molar-refractivity contribution in [1.82, 2.24) is 14.5 Å². The van der Waals surface area contributed by atoms with Gasteiger partial charge in [-0.15, -0.1) is 11.3 Å². The Kier molecular flexibility index (Phi) is 6.44. The Morgan fingerprint density at radius 3 is 2.67 bits per heavy atom. The van der Waals surface area contributed by atoms with Crippen LogP contribution in [0.5, 0.6) is 0 Å². The van der Waals surface area contributed by atoms with E-state index in [0.29, 0.717) is 35.7 Å². The first kappa shape index (κ1) is 24.3. The maximum Gasteiger partial charge on any atom is 0.263 e. The minimum Gasteiger partial charge on any atom is -0.368 e. The molecule has 0 unspecified atom stereocenters. The Morgan fingerprint density at radius 1 is 1.19 bits per heavy atom. The molecule has 1 fully saturated rings. The highest BCUT2D eigenvalue weighted by atomic mass is 32.2. The van der Waals surface area contributed by atoms with Crippen LogP contribution in [0.25, 0.3) is 10.9 Å². The van der Waals surface area contributed by atoms with Gasteiger partial charge in [0.25, 0.3) is 10.0 Å². The lowest BCUT2D eigenvalue weighted by atomic mass is 10.1. The predicted molar refractivity (Wildman–Crippen MR) is 146 cm³/mol. The summed E-state index contributed by atoms with van der Waals surface area (Å²) in [5.74, 6) is -0.315. The maximum absolute atomic E-state index is 14.1. The first-order valence-electron chi connectivity index (χ1n) is 11.6. The third-order valence-electron chi connectivity index (χ3n) is 6.56. The summed E-state index contributed by atoms with van der Waals surface area (Å²) in [5, 5.41) is 2.52. The van der Waals surface area contributed by atoms with Crippen molar-refractivity contribution in [1.29, 1.82) is 0 Å². The lowest BCUT2D eigenvalue weighted by Gasteiger charge is -2.42. The monoisotopic (exact) mass is 533 g/mol. The molecule has 1 amide bonds. The lowest BCUT2D eigenvalue weighted by molar-refractivity contribution is -0.136. The van der Waals surface area contributed by atoms with Gasteiger partial charge in [0, 0.05) is 58.8 Å². The van der Waals surface area contributed by atoms with E-state index >= 15 is 0 Å². The summed E-state index contributed by atoms with van der Waals surface area (Å²) in [4.78, 5) is 21.5. The number of anilines is 2. The molecule has 8 nitrogen and oxygen atoms in total. The summed E-state index contributed by atoms with van der Waals surface area (Å²) in [7, 11) is -3.71. The highest BCUT2D eigenvalue weighted by molar-refractivity contribution is 7.93. The van der Waals surface area contributed by atoms with Crippen molar-refractivity contribution in [3.05, 3.63) is 72.1 Å². The van der Waals surface area contributed by atoms with E-state index < -0.39 is 16.1 Å². The molecular formula is C25H32FN5O3S2. The molecule has 1 N–H and O–H groups in total. The van der Waals surface area contributed by atoms with E-state index in [1.54, 1.807) is 54.2 Å². The second kappa shape index (κ2) is 9.55. The van der Waals surface area contributed by atoms with E-state index in [1.807, 2.05) is 29.4 Å². The molecule has 2 aromatic heterocycles. The number of carbonyl (C=O) groups is 1. The third kappa shape index (κ3) is 4.56.